The summed E-state index contributed by atoms with van der Waals surface area (Å²) in [5, 5.41) is 11.1. The number of rotatable bonds is 15. The summed E-state index contributed by atoms with van der Waals surface area (Å²) in [4.78, 5) is 14.0. The average Bonchev–Trinajstić information content (AvgIpc) is 2.98. The molecule has 3 N–H and O–H groups in total. The Balaban J connectivity index is 1.43. The van der Waals surface area contributed by atoms with E-state index in [2.05, 4.69) is 28.9 Å². The van der Waals surface area contributed by atoms with Crippen molar-refractivity contribution in [1.82, 2.24) is 4.90 Å². The monoisotopic (exact) mass is 596 g/mol. The summed E-state index contributed by atoms with van der Waals surface area (Å²) in [7, 11) is 0. The molecule has 6 nitrogen and oxygen atoms in total. The maximum atomic E-state index is 11.7. The Labute approximate surface area is 253 Å². The van der Waals surface area contributed by atoms with E-state index in [0.717, 1.165) is 43.4 Å². The highest BCUT2D eigenvalue weighted by Crippen LogP contribution is 2.33. The number of anilines is 1. The van der Waals surface area contributed by atoms with Crippen molar-refractivity contribution in [1.29, 1.82) is 0 Å². The molecule has 0 saturated carbocycles. The van der Waals surface area contributed by atoms with Crippen molar-refractivity contribution in [2.75, 3.05) is 38.7 Å². The van der Waals surface area contributed by atoms with Gasteiger partial charge >= 0.3 is 5.97 Å². The normalized spacial score (nSPS) is 11.6. The molecule has 1 unspecified atom stereocenters. The third-order valence-electron chi connectivity index (χ3n) is 6.62. The van der Waals surface area contributed by atoms with Crippen LogP contribution < -0.4 is 5.73 Å². The van der Waals surface area contributed by atoms with Crippen LogP contribution >= 0.6 is 23.2 Å². The number of halogens is 2. The van der Waals surface area contributed by atoms with Gasteiger partial charge < -0.3 is 20.3 Å². The molecular formula is C33H38Cl2N2O4. The molecule has 8 heteroatoms. The first kappa shape index (κ1) is 32.5. The van der Waals surface area contributed by atoms with Crippen molar-refractivity contribution < 1.29 is 19.4 Å². The highest BCUT2D eigenvalue weighted by Gasteiger charge is 2.22. The van der Waals surface area contributed by atoms with E-state index in [1.165, 1.54) is 5.56 Å². The SMILES string of the molecule is CCOC(=O)c1ccc(C#CCOCCCCCCN(Cc2ccccc2)C(CO)c2cc(Cl)c(N)c(Cl)c2)cc1. The van der Waals surface area contributed by atoms with Gasteiger partial charge in [0, 0.05) is 18.7 Å². The topological polar surface area (TPSA) is 85.0 Å². The number of carbonyl (C=O) groups excluding carboxylic acids is 1. The molecule has 0 bridgehead atoms. The number of aliphatic hydroxyl groups excluding tert-OH is 1. The van der Waals surface area contributed by atoms with Gasteiger partial charge in [-0.3, -0.25) is 4.90 Å². The molecule has 0 spiro atoms. The van der Waals surface area contributed by atoms with Gasteiger partial charge in [-0.2, -0.15) is 0 Å². The van der Waals surface area contributed by atoms with Crippen molar-refractivity contribution in [2.24, 2.45) is 0 Å². The molecule has 0 aliphatic carbocycles. The van der Waals surface area contributed by atoms with Crippen molar-refractivity contribution in [3.63, 3.8) is 0 Å². The van der Waals surface area contributed by atoms with Gasteiger partial charge in [0.25, 0.3) is 0 Å². The Hall–Kier alpha value is -3.05. The van der Waals surface area contributed by atoms with Gasteiger partial charge in [-0.15, -0.1) is 0 Å². The zero-order valence-corrected chi connectivity index (χ0v) is 25.0. The van der Waals surface area contributed by atoms with Crippen LogP contribution in [0.4, 0.5) is 5.69 Å². The maximum absolute atomic E-state index is 11.7. The van der Waals surface area contributed by atoms with Crippen LogP contribution in [0.5, 0.6) is 0 Å². The highest BCUT2D eigenvalue weighted by atomic mass is 35.5. The van der Waals surface area contributed by atoms with E-state index in [-0.39, 0.29) is 18.6 Å². The Kier molecular flexibility index (Phi) is 14.0. The lowest BCUT2D eigenvalue weighted by Crippen LogP contribution is -2.32. The second kappa shape index (κ2) is 17.7. The summed E-state index contributed by atoms with van der Waals surface area (Å²) in [6, 6.07) is 20.6. The first-order valence-electron chi connectivity index (χ1n) is 13.9. The van der Waals surface area contributed by atoms with Crippen molar-refractivity contribution in [3.05, 3.63) is 99.0 Å². The van der Waals surface area contributed by atoms with Crippen LogP contribution in [0.1, 0.15) is 65.7 Å². The number of aliphatic hydroxyl groups is 1. The quantitative estimate of drug-likeness (QED) is 0.0857. The minimum absolute atomic E-state index is 0.0617. The van der Waals surface area contributed by atoms with Crippen LogP contribution in [0.3, 0.4) is 0 Å². The van der Waals surface area contributed by atoms with E-state index in [4.69, 9.17) is 38.4 Å². The van der Waals surface area contributed by atoms with E-state index < -0.39 is 0 Å². The van der Waals surface area contributed by atoms with E-state index in [1.54, 1.807) is 43.3 Å². The number of carbonyl (C=O) groups is 1. The van der Waals surface area contributed by atoms with Crippen LogP contribution in [0.15, 0.2) is 66.7 Å². The molecular weight excluding hydrogens is 559 g/mol. The van der Waals surface area contributed by atoms with Crippen LogP contribution in [-0.2, 0) is 16.0 Å². The molecule has 0 saturated heterocycles. The summed E-state index contributed by atoms with van der Waals surface area (Å²) < 4.78 is 10.7. The molecule has 0 aliphatic heterocycles. The van der Waals surface area contributed by atoms with Gasteiger partial charge in [0.2, 0.25) is 0 Å². The molecule has 0 aliphatic rings. The van der Waals surface area contributed by atoms with E-state index >= 15 is 0 Å². The smallest absolute Gasteiger partial charge is 0.338 e. The summed E-state index contributed by atoms with van der Waals surface area (Å²) in [5.41, 5.74) is 9.64. The number of nitrogens with zero attached hydrogens (tertiary/aromatic N) is 1. The van der Waals surface area contributed by atoms with Gasteiger partial charge in [-0.1, -0.05) is 78.2 Å². The largest absolute Gasteiger partial charge is 0.462 e. The summed E-state index contributed by atoms with van der Waals surface area (Å²) in [6.45, 7) is 4.57. The Morgan fingerprint density at radius 3 is 2.34 bits per heavy atom. The zero-order valence-electron chi connectivity index (χ0n) is 23.5. The van der Waals surface area contributed by atoms with Crippen LogP contribution in [0.25, 0.3) is 0 Å². The summed E-state index contributed by atoms with van der Waals surface area (Å²) >= 11 is 12.6. The van der Waals surface area contributed by atoms with Crippen LogP contribution in [0.2, 0.25) is 10.0 Å². The average molecular weight is 598 g/mol. The number of nitrogens with two attached hydrogens (primary N) is 1. The molecule has 218 valence electrons. The molecule has 0 amide bonds. The van der Waals surface area contributed by atoms with E-state index in [1.807, 2.05) is 18.2 Å². The standard InChI is InChI=1S/C33H38Cl2N2O4/c1-2-41-33(39)27-16-14-25(15-17-27)13-10-20-40-19-9-4-3-8-18-37(23-26-11-6-5-7-12-26)31(24-38)28-21-29(34)32(36)30(35)22-28/h5-7,11-12,14-17,21-22,31,38H,2-4,8-9,18-20,23-24,36H2,1H3. The Bertz CT molecular complexity index is 1270. The molecule has 41 heavy (non-hydrogen) atoms. The van der Waals surface area contributed by atoms with Crippen molar-refractivity contribution >= 4 is 34.9 Å². The molecule has 0 radical (unpaired) electrons. The van der Waals surface area contributed by atoms with Crippen molar-refractivity contribution in [2.45, 2.75) is 45.2 Å². The van der Waals surface area contributed by atoms with Gasteiger partial charge in [0.15, 0.2) is 0 Å². The fourth-order valence-electron chi connectivity index (χ4n) is 4.43. The lowest BCUT2D eigenvalue weighted by molar-refractivity contribution is 0.0526. The van der Waals surface area contributed by atoms with Crippen LogP contribution in [-0.4, -0.2) is 48.9 Å². The number of esters is 1. The number of benzene rings is 3. The zero-order chi connectivity index (χ0) is 29.5. The molecule has 3 aromatic rings. The highest BCUT2D eigenvalue weighted by molar-refractivity contribution is 6.38. The molecule has 0 aromatic heterocycles. The minimum Gasteiger partial charge on any atom is -0.462 e. The van der Waals surface area contributed by atoms with Gasteiger partial charge in [0.1, 0.15) is 6.61 Å². The molecule has 0 fully saturated rings. The first-order chi connectivity index (χ1) is 19.9. The van der Waals surface area contributed by atoms with Crippen LogP contribution in [0, 0.1) is 11.8 Å². The number of nitrogen functional groups attached to an aromatic ring is 1. The fourth-order valence-corrected chi connectivity index (χ4v) is 4.93. The predicted octanol–water partition coefficient (Wildman–Crippen LogP) is 6.92. The lowest BCUT2D eigenvalue weighted by atomic mass is 10.0. The molecule has 3 aromatic carbocycles. The van der Waals surface area contributed by atoms with Gasteiger partial charge in [0.05, 0.1) is 40.6 Å². The Morgan fingerprint density at radius 1 is 1.00 bits per heavy atom. The second-order valence-electron chi connectivity index (χ2n) is 9.62. The first-order valence-corrected chi connectivity index (χ1v) is 14.7. The Morgan fingerprint density at radius 2 is 1.68 bits per heavy atom. The van der Waals surface area contributed by atoms with Crippen molar-refractivity contribution in [3.8, 4) is 11.8 Å². The molecule has 1 atom stereocenters. The van der Waals surface area contributed by atoms with Gasteiger partial charge in [-0.25, -0.2) is 4.79 Å². The third kappa shape index (κ3) is 10.7. The minimum atomic E-state index is -0.330. The second-order valence-corrected chi connectivity index (χ2v) is 10.4. The summed E-state index contributed by atoms with van der Waals surface area (Å²) in [5.74, 6) is 5.74. The van der Waals surface area contributed by atoms with E-state index in [9.17, 15) is 9.90 Å². The third-order valence-corrected chi connectivity index (χ3v) is 7.24. The number of hydrogen-bond acceptors (Lipinski definition) is 6. The number of hydrogen-bond donors (Lipinski definition) is 2. The number of ether oxygens (including phenoxy) is 2. The maximum Gasteiger partial charge on any atom is 0.338 e. The van der Waals surface area contributed by atoms with E-state index in [0.29, 0.717) is 47.7 Å². The summed E-state index contributed by atoms with van der Waals surface area (Å²) in [6.07, 6.45) is 3.99. The number of unbranched alkanes of at least 4 members (excludes halogenated alkanes) is 3. The predicted molar refractivity (Wildman–Crippen MR) is 166 cm³/mol. The molecule has 3 rings (SSSR count). The van der Waals surface area contributed by atoms with Gasteiger partial charge in [-0.05, 0) is 73.8 Å². The lowest BCUT2D eigenvalue weighted by Gasteiger charge is -2.31. The molecule has 0 heterocycles. The fraction of sp³-hybridized carbons (Fsp3) is 0.364.